The van der Waals surface area contributed by atoms with Gasteiger partial charge in [-0.2, -0.15) is 0 Å². The summed E-state index contributed by atoms with van der Waals surface area (Å²) in [7, 11) is 0. The van der Waals surface area contributed by atoms with Crippen LogP contribution in [-0.4, -0.2) is 6.61 Å². The van der Waals surface area contributed by atoms with E-state index in [-0.39, 0.29) is 0 Å². The van der Waals surface area contributed by atoms with Crippen molar-refractivity contribution in [3.05, 3.63) is 77.4 Å². The summed E-state index contributed by atoms with van der Waals surface area (Å²) < 4.78 is 5.61. The van der Waals surface area contributed by atoms with E-state index in [2.05, 4.69) is 56.1 Å². The lowest BCUT2D eigenvalue weighted by atomic mass is 10.1. The molecule has 0 saturated heterocycles. The van der Waals surface area contributed by atoms with Crippen LogP contribution in [0.25, 0.3) is 0 Å². The standard InChI is InChI=1S/C20H25NO/c1-4-5-10-22-20-8-6-18(7-9-20)14-21-15-19-12-16(2)11-17(3)13-19/h4,6-9,11-13,21H,1,5,10,14-15H2,2-3H3. The van der Waals surface area contributed by atoms with Gasteiger partial charge in [0, 0.05) is 13.1 Å². The van der Waals surface area contributed by atoms with E-state index < -0.39 is 0 Å². The van der Waals surface area contributed by atoms with Gasteiger partial charge < -0.3 is 10.1 Å². The molecule has 2 heteroatoms. The molecule has 0 heterocycles. The molecule has 0 aromatic heterocycles. The predicted molar refractivity (Wildman–Crippen MR) is 93.2 cm³/mol. The second-order valence-corrected chi connectivity index (χ2v) is 5.67. The summed E-state index contributed by atoms with van der Waals surface area (Å²) in [5, 5.41) is 3.49. The van der Waals surface area contributed by atoms with E-state index in [0.717, 1.165) is 25.3 Å². The largest absolute Gasteiger partial charge is 0.493 e. The van der Waals surface area contributed by atoms with Gasteiger partial charge in [0.2, 0.25) is 0 Å². The Balaban J connectivity index is 1.80. The van der Waals surface area contributed by atoms with Gasteiger partial charge >= 0.3 is 0 Å². The molecule has 1 N–H and O–H groups in total. The highest BCUT2D eigenvalue weighted by Crippen LogP contribution is 2.13. The van der Waals surface area contributed by atoms with E-state index in [0.29, 0.717) is 6.61 Å². The van der Waals surface area contributed by atoms with Gasteiger partial charge in [-0.3, -0.25) is 0 Å². The fraction of sp³-hybridized carbons (Fsp3) is 0.300. The first kappa shape index (κ1) is 16.3. The molecule has 22 heavy (non-hydrogen) atoms. The van der Waals surface area contributed by atoms with Gasteiger partial charge in [0.25, 0.3) is 0 Å². The number of rotatable bonds is 8. The maximum absolute atomic E-state index is 5.61. The second kappa shape index (κ2) is 8.40. The molecule has 2 aromatic rings. The second-order valence-electron chi connectivity index (χ2n) is 5.67. The minimum atomic E-state index is 0.688. The van der Waals surface area contributed by atoms with E-state index in [1.165, 1.54) is 22.3 Å². The van der Waals surface area contributed by atoms with E-state index >= 15 is 0 Å². The minimum Gasteiger partial charge on any atom is -0.493 e. The first-order valence-electron chi connectivity index (χ1n) is 7.78. The molecule has 0 unspecified atom stereocenters. The van der Waals surface area contributed by atoms with Crippen LogP contribution >= 0.6 is 0 Å². The average molecular weight is 295 g/mol. The smallest absolute Gasteiger partial charge is 0.119 e. The SMILES string of the molecule is C=CCCOc1ccc(CNCc2cc(C)cc(C)c2)cc1. The first-order chi connectivity index (χ1) is 10.7. The molecule has 0 radical (unpaired) electrons. The zero-order valence-electron chi connectivity index (χ0n) is 13.6. The molecule has 0 spiro atoms. The predicted octanol–water partition coefficient (Wildman–Crippen LogP) is 4.55. The van der Waals surface area contributed by atoms with Crippen molar-refractivity contribution >= 4 is 0 Å². The molecule has 0 aliphatic carbocycles. The Morgan fingerprint density at radius 1 is 0.955 bits per heavy atom. The Hall–Kier alpha value is -2.06. The Bertz CT molecular complexity index is 581. The third kappa shape index (κ3) is 5.38. The number of aryl methyl sites for hydroxylation is 2. The zero-order valence-corrected chi connectivity index (χ0v) is 13.6. The van der Waals surface area contributed by atoms with Gasteiger partial charge in [-0.25, -0.2) is 0 Å². The van der Waals surface area contributed by atoms with Gasteiger partial charge in [-0.05, 0) is 43.5 Å². The first-order valence-corrected chi connectivity index (χ1v) is 7.78. The fourth-order valence-corrected chi connectivity index (χ4v) is 2.49. The van der Waals surface area contributed by atoms with Crippen molar-refractivity contribution in [2.45, 2.75) is 33.4 Å². The number of hydrogen-bond acceptors (Lipinski definition) is 2. The summed E-state index contributed by atoms with van der Waals surface area (Å²) in [6.07, 6.45) is 2.74. The van der Waals surface area contributed by atoms with E-state index in [9.17, 15) is 0 Å². The molecule has 0 amide bonds. The topological polar surface area (TPSA) is 21.3 Å². The number of ether oxygens (including phenoxy) is 1. The van der Waals surface area contributed by atoms with Crippen LogP contribution in [0.3, 0.4) is 0 Å². The van der Waals surface area contributed by atoms with Crippen molar-refractivity contribution in [3.8, 4) is 5.75 Å². The molecular weight excluding hydrogens is 270 g/mol. The molecule has 116 valence electrons. The van der Waals surface area contributed by atoms with Crippen LogP contribution < -0.4 is 10.1 Å². The molecule has 0 bridgehead atoms. The fourth-order valence-electron chi connectivity index (χ4n) is 2.49. The van der Waals surface area contributed by atoms with Crippen molar-refractivity contribution < 1.29 is 4.74 Å². The van der Waals surface area contributed by atoms with Crippen LogP contribution in [0, 0.1) is 13.8 Å². The third-order valence-corrected chi connectivity index (χ3v) is 3.45. The van der Waals surface area contributed by atoms with Crippen LogP contribution in [0.2, 0.25) is 0 Å². The number of benzene rings is 2. The van der Waals surface area contributed by atoms with Crippen molar-refractivity contribution in [1.29, 1.82) is 0 Å². The van der Waals surface area contributed by atoms with Crippen LogP contribution in [0.1, 0.15) is 28.7 Å². The molecule has 0 aliphatic heterocycles. The summed E-state index contributed by atoms with van der Waals surface area (Å²) in [5.74, 6) is 0.917. The van der Waals surface area contributed by atoms with Crippen LogP contribution in [0.4, 0.5) is 0 Å². The van der Waals surface area contributed by atoms with E-state index in [1.807, 2.05) is 18.2 Å². The zero-order chi connectivity index (χ0) is 15.8. The van der Waals surface area contributed by atoms with Gasteiger partial charge in [0.15, 0.2) is 0 Å². The summed E-state index contributed by atoms with van der Waals surface area (Å²) in [5.41, 5.74) is 5.23. The van der Waals surface area contributed by atoms with Gasteiger partial charge in [-0.15, -0.1) is 6.58 Å². The Labute approximate surface area is 133 Å². The van der Waals surface area contributed by atoms with Gasteiger partial charge in [-0.1, -0.05) is 47.5 Å². The molecule has 2 nitrogen and oxygen atoms in total. The Kier molecular flexibility index (Phi) is 6.23. The minimum absolute atomic E-state index is 0.688. The molecule has 0 fully saturated rings. The van der Waals surface area contributed by atoms with Crippen molar-refractivity contribution in [3.63, 3.8) is 0 Å². The van der Waals surface area contributed by atoms with Crippen LogP contribution in [0.15, 0.2) is 55.1 Å². The monoisotopic (exact) mass is 295 g/mol. The average Bonchev–Trinajstić information content (AvgIpc) is 2.48. The Morgan fingerprint density at radius 2 is 1.59 bits per heavy atom. The number of hydrogen-bond donors (Lipinski definition) is 1. The van der Waals surface area contributed by atoms with Crippen LogP contribution in [-0.2, 0) is 13.1 Å². The molecular formula is C20H25NO. The molecule has 0 atom stereocenters. The van der Waals surface area contributed by atoms with Crippen molar-refractivity contribution in [2.24, 2.45) is 0 Å². The highest BCUT2D eigenvalue weighted by Gasteiger charge is 1.98. The molecule has 0 aliphatic rings. The maximum atomic E-state index is 5.61. The maximum Gasteiger partial charge on any atom is 0.119 e. The lowest BCUT2D eigenvalue weighted by molar-refractivity contribution is 0.325. The molecule has 2 rings (SSSR count). The highest BCUT2D eigenvalue weighted by molar-refractivity contribution is 5.29. The van der Waals surface area contributed by atoms with Crippen molar-refractivity contribution in [1.82, 2.24) is 5.32 Å². The van der Waals surface area contributed by atoms with E-state index in [1.54, 1.807) is 0 Å². The molecule has 2 aromatic carbocycles. The van der Waals surface area contributed by atoms with E-state index in [4.69, 9.17) is 4.74 Å². The van der Waals surface area contributed by atoms with Gasteiger partial charge in [0.1, 0.15) is 5.75 Å². The summed E-state index contributed by atoms with van der Waals surface area (Å²) in [6, 6.07) is 14.9. The normalized spacial score (nSPS) is 10.5. The number of nitrogens with one attached hydrogen (secondary N) is 1. The lowest BCUT2D eigenvalue weighted by Gasteiger charge is -2.09. The van der Waals surface area contributed by atoms with Gasteiger partial charge in [0.05, 0.1) is 6.61 Å². The van der Waals surface area contributed by atoms with Crippen LogP contribution in [0.5, 0.6) is 5.75 Å². The lowest BCUT2D eigenvalue weighted by Crippen LogP contribution is -2.12. The highest BCUT2D eigenvalue weighted by atomic mass is 16.5. The molecule has 0 saturated carbocycles. The summed E-state index contributed by atoms with van der Waals surface area (Å²) in [4.78, 5) is 0. The quantitative estimate of drug-likeness (QED) is 0.570. The third-order valence-electron chi connectivity index (χ3n) is 3.45. The Morgan fingerprint density at radius 3 is 2.23 bits per heavy atom. The summed E-state index contributed by atoms with van der Waals surface area (Å²) >= 11 is 0. The van der Waals surface area contributed by atoms with Crippen molar-refractivity contribution in [2.75, 3.05) is 6.61 Å². The summed E-state index contributed by atoms with van der Waals surface area (Å²) in [6.45, 7) is 10.4.